The summed E-state index contributed by atoms with van der Waals surface area (Å²) in [5.41, 5.74) is 2.69. The Hall–Kier alpha value is -3.39. The highest BCUT2D eigenvalue weighted by Crippen LogP contribution is 2.42. The summed E-state index contributed by atoms with van der Waals surface area (Å²) in [5.74, 6) is 0.334. The lowest BCUT2D eigenvalue weighted by molar-refractivity contribution is -0.163. The monoisotopic (exact) mass is 560 g/mol. The molecule has 2 aliphatic heterocycles. The molecule has 0 bridgehead atoms. The van der Waals surface area contributed by atoms with Crippen molar-refractivity contribution in [1.82, 2.24) is 9.88 Å². The summed E-state index contributed by atoms with van der Waals surface area (Å²) in [7, 11) is 0. The molecule has 0 unspecified atom stereocenters. The number of pyridine rings is 1. The lowest BCUT2D eigenvalue weighted by Gasteiger charge is -2.38. The molecule has 0 amide bonds. The van der Waals surface area contributed by atoms with Crippen molar-refractivity contribution in [1.29, 1.82) is 0 Å². The Balaban J connectivity index is 1.21. The standard InChI is InChI=1S/C32H33ClN2O5/c33-23-8-6-22(7-9-23)31(38)14-18-35(19-15-31)17-2-5-25-26-4-1-16-34-28(26)21-39-29-11-10-24(20-27(25)29)40-32(30(36)37)12-3-13-32/h1,4-11,16,20,38H,2-3,12-15,17-19,21H2,(H,36,37)/b25-5+. The minimum absolute atomic E-state index is 0.356. The van der Waals surface area contributed by atoms with E-state index in [0.717, 1.165) is 66.2 Å². The van der Waals surface area contributed by atoms with Gasteiger partial charge in [0.25, 0.3) is 0 Å². The van der Waals surface area contributed by atoms with Crippen LogP contribution in [0.3, 0.4) is 0 Å². The maximum absolute atomic E-state index is 11.9. The van der Waals surface area contributed by atoms with Gasteiger partial charge >= 0.3 is 5.97 Å². The smallest absolute Gasteiger partial charge is 0.348 e. The first-order valence-corrected chi connectivity index (χ1v) is 14.3. The van der Waals surface area contributed by atoms with E-state index in [4.69, 9.17) is 21.1 Å². The highest BCUT2D eigenvalue weighted by Gasteiger charge is 2.47. The molecule has 0 atom stereocenters. The van der Waals surface area contributed by atoms with Crippen molar-refractivity contribution in [2.75, 3.05) is 19.6 Å². The van der Waals surface area contributed by atoms with Gasteiger partial charge in [0.05, 0.1) is 11.3 Å². The van der Waals surface area contributed by atoms with Crippen LogP contribution in [0.2, 0.25) is 5.02 Å². The molecule has 8 heteroatoms. The maximum atomic E-state index is 11.9. The van der Waals surface area contributed by atoms with Gasteiger partial charge in [-0.1, -0.05) is 35.9 Å². The number of piperidine rings is 1. The summed E-state index contributed by atoms with van der Waals surface area (Å²) >= 11 is 6.03. The van der Waals surface area contributed by atoms with Gasteiger partial charge in [-0.3, -0.25) is 4.98 Å². The average Bonchev–Trinajstić information content (AvgIpc) is 3.09. The quantitative estimate of drug-likeness (QED) is 0.376. The van der Waals surface area contributed by atoms with E-state index in [0.29, 0.717) is 43.1 Å². The minimum Gasteiger partial charge on any atom is -0.487 e. The second-order valence-corrected chi connectivity index (χ2v) is 11.4. The van der Waals surface area contributed by atoms with Crippen molar-refractivity contribution in [3.05, 3.63) is 94.3 Å². The Labute approximate surface area is 239 Å². The van der Waals surface area contributed by atoms with Crippen molar-refractivity contribution in [2.24, 2.45) is 0 Å². The molecular formula is C32H33ClN2O5. The topological polar surface area (TPSA) is 92.1 Å². The molecule has 40 heavy (non-hydrogen) atoms. The Morgan fingerprint density at radius 3 is 2.55 bits per heavy atom. The number of aliphatic hydroxyl groups is 1. The molecular weight excluding hydrogens is 528 g/mol. The Bertz CT molecular complexity index is 1430. The molecule has 1 saturated carbocycles. The number of likely N-dealkylation sites (tertiary alicyclic amines) is 1. The van der Waals surface area contributed by atoms with Crippen LogP contribution in [0.1, 0.15) is 60.9 Å². The zero-order valence-corrected chi connectivity index (χ0v) is 23.1. The van der Waals surface area contributed by atoms with Crippen molar-refractivity contribution in [3.63, 3.8) is 0 Å². The van der Waals surface area contributed by atoms with Crippen molar-refractivity contribution in [3.8, 4) is 11.5 Å². The number of hydrogen-bond acceptors (Lipinski definition) is 6. The molecule has 3 aromatic rings. The number of halogens is 1. The number of carbonyl (C=O) groups is 1. The zero-order chi connectivity index (χ0) is 27.7. The number of carboxylic acids is 1. The van der Waals surface area contributed by atoms with E-state index >= 15 is 0 Å². The van der Waals surface area contributed by atoms with E-state index in [-0.39, 0.29) is 0 Å². The molecule has 0 spiro atoms. The molecule has 7 nitrogen and oxygen atoms in total. The zero-order valence-electron chi connectivity index (χ0n) is 22.3. The first-order chi connectivity index (χ1) is 19.4. The first kappa shape index (κ1) is 26.8. The molecule has 1 aromatic heterocycles. The van der Waals surface area contributed by atoms with E-state index in [1.54, 1.807) is 12.3 Å². The largest absolute Gasteiger partial charge is 0.487 e. The van der Waals surface area contributed by atoms with E-state index in [1.807, 2.05) is 42.5 Å². The molecule has 2 aromatic carbocycles. The van der Waals surface area contributed by atoms with Crippen molar-refractivity contribution < 1.29 is 24.5 Å². The number of carboxylic acid groups (broad SMARTS) is 1. The van der Waals surface area contributed by atoms with Gasteiger partial charge in [0.15, 0.2) is 0 Å². The predicted molar refractivity (Wildman–Crippen MR) is 153 cm³/mol. The van der Waals surface area contributed by atoms with Crippen LogP contribution in [0.5, 0.6) is 11.5 Å². The number of hydrogen-bond donors (Lipinski definition) is 2. The van der Waals surface area contributed by atoms with Crippen LogP contribution >= 0.6 is 11.6 Å². The summed E-state index contributed by atoms with van der Waals surface area (Å²) in [6.07, 6.45) is 7.98. The summed E-state index contributed by atoms with van der Waals surface area (Å²) in [6.45, 7) is 2.81. The third-order valence-electron chi connectivity index (χ3n) is 8.51. The van der Waals surface area contributed by atoms with Crippen LogP contribution < -0.4 is 9.47 Å². The van der Waals surface area contributed by atoms with Crippen molar-refractivity contribution in [2.45, 2.75) is 56.3 Å². The second kappa shape index (κ2) is 10.9. The minimum atomic E-state index is -1.15. The van der Waals surface area contributed by atoms with Crippen LogP contribution in [0.15, 0.2) is 66.9 Å². The van der Waals surface area contributed by atoms with Gasteiger partial charge in [0, 0.05) is 42.0 Å². The summed E-state index contributed by atoms with van der Waals surface area (Å²) in [5, 5.41) is 21.7. The number of benzene rings is 2. The first-order valence-electron chi connectivity index (χ1n) is 13.9. The number of aliphatic carboxylic acids is 1. The van der Waals surface area contributed by atoms with E-state index < -0.39 is 17.2 Å². The molecule has 3 heterocycles. The Kier molecular flexibility index (Phi) is 7.29. The Morgan fingerprint density at radius 1 is 1.07 bits per heavy atom. The van der Waals surface area contributed by atoms with Gasteiger partial charge in [0.2, 0.25) is 5.60 Å². The van der Waals surface area contributed by atoms with Gasteiger partial charge < -0.3 is 24.6 Å². The SMILES string of the molecule is O=C(O)C1(Oc2ccc3c(c2)/C(=C/CCN2CCC(O)(c4ccc(Cl)cc4)CC2)c2cccnc2CO3)CCC1. The number of rotatable bonds is 7. The average molecular weight is 561 g/mol. The lowest BCUT2D eigenvalue weighted by Crippen LogP contribution is -2.50. The van der Waals surface area contributed by atoms with Gasteiger partial charge in [-0.15, -0.1) is 0 Å². The van der Waals surface area contributed by atoms with Crippen LogP contribution in [0.4, 0.5) is 0 Å². The molecule has 1 aliphatic carbocycles. The second-order valence-electron chi connectivity index (χ2n) is 11.0. The number of aromatic nitrogens is 1. The number of ether oxygens (including phenoxy) is 2. The Morgan fingerprint density at radius 2 is 1.85 bits per heavy atom. The summed E-state index contributed by atoms with van der Waals surface area (Å²) in [4.78, 5) is 18.9. The predicted octanol–water partition coefficient (Wildman–Crippen LogP) is 5.82. The third kappa shape index (κ3) is 5.21. The fourth-order valence-electron chi connectivity index (χ4n) is 5.89. The van der Waals surface area contributed by atoms with E-state index in [2.05, 4.69) is 22.0 Å². The molecule has 2 N–H and O–H groups in total. The number of nitrogens with zero attached hydrogens (tertiary/aromatic N) is 2. The summed E-state index contributed by atoms with van der Waals surface area (Å²) in [6, 6.07) is 17.0. The van der Waals surface area contributed by atoms with Crippen LogP contribution in [-0.2, 0) is 17.0 Å². The highest BCUT2D eigenvalue weighted by atomic mass is 35.5. The molecule has 1 saturated heterocycles. The number of fused-ring (bicyclic) bond motifs is 2. The van der Waals surface area contributed by atoms with Crippen LogP contribution in [0, 0.1) is 0 Å². The van der Waals surface area contributed by atoms with E-state index in [1.165, 1.54) is 0 Å². The lowest BCUT2D eigenvalue weighted by atomic mass is 9.80. The molecule has 2 fully saturated rings. The fourth-order valence-corrected chi connectivity index (χ4v) is 6.01. The normalized spacial score (nSPS) is 20.4. The van der Waals surface area contributed by atoms with Crippen LogP contribution in [-0.4, -0.2) is 51.3 Å². The fraction of sp³-hybridized carbons (Fsp3) is 0.375. The van der Waals surface area contributed by atoms with Gasteiger partial charge in [-0.2, -0.15) is 0 Å². The van der Waals surface area contributed by atoms with E-state index in [9.17, 15) is 15.0 Å². The molecule has 6 rings (SSSR count). The molecule has 3 aliphatic rings. The van der Waals surface area contributed by atoms with Gasteiger partial charge in [0.1, 0.15) is 18.1 Å². The van der Waals surface area contributed by atoms with Gasteiger partial charge in [-0.25, -0.2) is 4.79 Å². The van der Waals surface area contributed by atoms with Crippen molar-refractivity contribution >= 4 is 23.1 Å². The third-order valence-corrected chi connectivity index (χ3v) is 8.76. The molecule has 0 radical (unpaired) electrons. The van der Waals surface area contributed by atoms with Crippen LogP contribution in [0.25, 0.3) is 5.57 Å². The summed E-state index contributed by atoms with van der Waals surface area (Å²) < 4.78 is 12.2. The van der Waals surface area contributed by atoms with Gasteiger partial charge in [-0.05, 0) is 86.1 Å². The maximum Gasteiger partial charge on any atom is 0.348 e. The highest BCUT2D eigenvalue weighted by molar-refractivity contribution is 6.30. The molecule has 208 valence electrons.